The lowest BCUT2D eigenvalue weighted by Gasteiger charge is -2.22. The molecule has 1 aromatic carbocycles. The maximum Gasteiger partial charge on any atom is 0.253 e. The van der Waals surface area contributed by atoms with Crippen molar-refractivity contribution < 1.29 is 9.90 Å². The van der Waals surface area contributed by atoms with Crippen molar-refractivity contribution >= 4 is 5.91 Å². The van der Waals surface area contributed by atoms with Gasteiger partial charge in [0.05, 0.1) is 0 Å². The van der Waals surface area contributed by atoms with E-state index in [9.17, 15) is 4.79 Å². The number of carbonyl (C=O) groups excluding carboxylic acids is 1. The van der Waals surface area contributed by atoms with Gasteiger partial charge in [-0.3, -0.25) is 4.79 Å². The van der Waals surface area contributed by atoms with Crippen molar-refractivity contribution in [2.24, 2.45) is 5.92 Å². The van der Waals surface area contributed by atoms with Crippen LogP contribution in [0.5, 0.6) is 0 Å². The molecule has 1 amide bonds. The SMILES string of the molecule is Cc1c(C#CCO)cccc1C(=O)N(C)CC1CCCC1. The molecule has 1 saturated carbocycles. The fourth-order valence-corrected chi connectivity index (χ4v) is 3.01. The van der Waals surface area contributed by atoms with Gasteiger partial charge in [-0.15, -0.1) is 0 Å². The second kappa shape index (κ2) is 7.28. The summed E-state index contributed by atoms with van der Waals surface area (Å²) in [4.78, 5) is 14.4. The van der Waals surface area contributed by atoms with E-state index in [0.717, 1.165) is 17.7 Å². The van der Waals surface area contributed by atoms with E-state index in [1.807, 2.05) is 37.1 Å². The number of hydrogen-bond acceptors (Lipinski definition) is 2. The van der Waals surface area contributed by atoms with Crippen molar-refractivity contribution in [3.63, 3.8) is 0 Å². The van der Waals surface area contributed by atoms with E-state index in [-0.39, 0.29) is 12.5 Å². The summed E-state index contributed by atoms with van der Waals surface area (Å²) < 4.78 is 0. The second-order valence-electron chi connectivity index (χ2n) is 5.77. The summed E-state index contributed by atoms with van der Waals surface area (Å²) in [7, 11) is 1.88. The monoisotopic (exact) mass is 285 g/mol. The zero-order valence-corrected chi connectivity index (χ0v) is 12.9. The first-order valence-corrected chi connectivity index (χ1v) is 7.58. The fraction of sp³-hybridized carbons (Fsp3) is 0.500. The molecule has 21 heavy (non-hydrogen) atoms. The Hall–Kier alpha value is -1.79. The third-order valence-electron chi connectivity index (χ3n) is 4.22. The van der Waals surface area contributed by atoms with Crippen LogP contribution < -0.4 is 0 Å². The topological polar surface area (TPSA) is 40.5 Å². The van der Waals surface area contributed by atoms with E-state index in [2.05, 4.69) is 11.8 Å². The highest BCUT2D eigenvalue weighted by atomic mass is 16.2. The molecule has 1 aromatic rings. The van der Waals surface area contributed by atoms with Crippen LogP contribution in [0, 0.1) is 24.7 Å². The number of aliphatic hydroxyl groups excluding tert-OH is 1. The number of rotatable bonds is 3. The molecule has 2 rings (SSSR count). The Morgan fingerprint density at radius 3 is 2.76 bits per heavy atom. The zero-order valence-electron chi connectivity index (χ0n) is 12.9. The molecule has 0 aromatic heterocycles. The third-order valence-corrected chi connectivity index (χ3v) is 4.22. The summed E-state index contributed by atoms with van der Waals surface area (Å²) >= 11 is 0. The highest BCUT2D eigenvalue weighted by Gasteiger charge is 2.21. The quantitative estimate of drug-likeness (QED) is 0.867. The summed E-state index contributed by atoms with van der Waals surface area (Å²) in [5.74, 6) is 6.25. The Morgan fingerprint density at radius 2 is 2.10 bits per heavy atom. The molecule has 1 fully saturated rings. The lowest BCUT2D eigenvalue weighted by atomic mass is 10.0. The Bertz CT molecular complexity index is 562. The predicted molar refractivity (Wildman–Crippen MR) is 84.1 cm³/mol. The van der Waals surface area contributed by atoms with Crippen LogP contribution in [0.15, 0.2) is 18.2 Å². The molecule has 1 aliphatic carbocycles. The molecule has 0 bridgehead atoms. The Kier molecular flexibility index (Phi) is 5.41. The summed E-state index contributed by atoms with van der Waals surface area (Å²) in [6.45, 7) is 2.59. The number of amides is 1. The Morgan fingerprint density at radius 1 is 1.38 bits per heavy atom. The van der Waals surface area contributed by atoms with Gasteiger partial charge < -0.3 is 10.0 Å². The van der Waals surface area contributed by atoms with E-state index in [4.69, 9.17) is 5.11 Å². The van der Waals surface area contributed by atoms with Gasteiger partial charge in [-0.05, 0) is 43.4 Å². The highest BCUT2D eigenvalue weighted by Crippen LogP contribution is 2.26. The van der Waals surface area contributed by atoms with Crippen molar-refractivity contribution in [3.05, 3.63) is 34.9 Å². The fourth-order valence-electron chi connectivity index (χ4n) is 3.01. The van der Waals surface area contributed by atoms with Crippen LogP contribution in [-0.4, -0.2) is 36.1 Å². The van der Waals surface area contributed by atoms with Crippen LogP contribution in [0.3, 0.4) is 0 Å². The van der Waals surface area contributed by atoms with Gasteiger partial charge >= 0.3 is 0 Å². The summed E-state index contributed by atoms with van der Waals surface area (Å²) in [6.07, 6.45) is 5.05. The van der Waals surface area contributed by atoms with Gasteiger partial charge in [0.1, 0.15) is 6.61 Å². The smallest absolute Gasteiger partial charge is 0.253 e. The molecule has 3 nitrogen and oxygen atoms in total. The molecule has 1 N–H and O–H groups in total. The molecule has 0 unspecified atom stereocenters. The van der Waals surface area contributed by atoms with Crippen LogP contribution in [0.25, 0.3) is 0 Å². The van der Waals surface area contributed by atoms with Gasteiger partial charge in [0, 0.05) is 24.7 Å². The highest BCUT2D eigenvalue weighted by molar-refractivity contribution is 5.96. The first-order chi connectivity index (χ1) is 10.1. The minimum Gasteiger partial charge on any atom is -0.384 e. The first-order valence-electron chi connectivity index (χ1n) is 7.58. The van der Waals surface area contributed by atoms with Gasteiger partial charge in [-0.2, -0.15) is 0 Å². The van der Waals surface area contributed by atoms with Crippen molar-refractivity contribution in [2.45, 2.75) is 32.6 Å². The van der Waals surface area contributed by atoms with Crippen LogP contribution in [0.1, 0.15) is 47.2 Å². The largest absolute Gasteiger partial charge is 0.384 e. The van der Waals surface area contributed by atoms with E-state index in [1.54, 1.807) is 0 Å². The number of carbonyl (C=O) groups is 1. The van der Waals surface area contributed by atoms with Gasteiger partial charge in [0.25, 0.3) is 5.91 Å². The number of benzene rings is 1. The Labute approximate surface area is 127 Å². The van der Waals surface area contributed by atoms with Crippen molar-refractivity contribution in [1.82, 2.24) is 4.90 Å². The second-order valence-corrected chi connectivity index (χ2v) is 5.77. The van der Waals surface area contributed by atoms with Gasteiger partial charge in [0.15, 0.2) is 0 Å². The summed E-state index contributed by atoms with van der Waals surface area (Å²) in [5.41, 5.74) is 2.41. The predicted octanol–water partition coefficient (Wildman–Crippen LogP) is 2.60. The number of nitrogens with zero attached hydrogens (tertiary/aromatic N) is 1. The molecule has 0 atom stereocenters. The maximum absolute atomic E-state index is 12.6. The third kappa shape index (κ3) is 3.86. The molecule has 0 radical (unpaired) electrons. The molecule has 0 heterocycles. The molecule has 0 saturated heterocycles. The summed E-state index contributed by atoms with van der Waals surface area (Å²) in [5, 5.41) is 8.80. The van der Waals surface area contributed by atoms with E-state index in [1.165, 1.54) is 25.7 Å². The van der Waals surface area contributed by atoms with Crippen LogP contribution in [-0.2, 0) is 0 Å². The molecule has 0 aliphatic heterocycles. The van der Waals surface area contributed by atoms with E-state index in [0.29, 0.717) is 11.5 Å². The maximum atomic E-state index is 12.6. The van der Waals surface area contributed by atoms with E-state index < -0.39 is 0 Å². The zero-order chi connectivity index (χ0) is 15.2. The average molecular weight is 285 g/mol. The van der Waals surface area contributed by atoms with Crippen molar-refractivity contribution in [3.8, 4) is 11.8 Å². The lowest BCUT2D eigenvalue weighted by molar-refractivity contribution is 0.0772. The van der Waals surface area contributed by atoms with Gasteiger partial charge in [0.2, 0.25) is 0 Å². The van der Waals surface area contributed by atoms with Crippen molar-refractivity contribution in [2.75, 3.05) is 20.2 Å². The minimum absolute atomic E-state index is 0.0621. The molecule has 3 heteroatoms. The molecule has 0 spiro atoms. The molecular formula is C18H23NO2. The van der Waals surface area contributed by atoms with Crippen LogP contribution in [0.4, 0.5) is 0 Å². The molecule has 1 aliphatic rings. The number of hydrogen-bond donors (Lipinski definition) is 1. The molecule has 112 valence electrons. The minimum atomic E-state index is -0.167. The number of aliphatic hydroxyl groups is 1. The van der Waals surface area contributed by atoms with Gasteiger partial charge in [-0.1, -0.05) is 30.7 Å². The normalized spacial score (nSPS) is 14.6. The average Bonchev–Trinajstić information content (AvgIpc) is 2.98. The van der Waals surface area contributed by atoms with Crippen LogP contribution >= 0.6 is 0 Å². The molecular weight excluding hydrogens is 262 g/mol. The van der Waals surface area contributed by atoms with Crippen molar-refractivity contribution in [1.29, 1.82) is 0 Å². The standard InChI is InChI=1S/C18H23NO2/c1-14-16(10-6-12-20)9-5-11-17(14)18(21)19(2)13-15-7-3-4-8-15/h5,9,11,15,20H,3-4,7-8,12-13H2,1-2H3. The van der Waals surface area contributed by atoms with E-state index >= 15 is 0 Å². The summed E-state index contributed by atoms with van der Waals surface area (Å²) in [6, 6.07) is 5.59. The lowest BCUT2D eigenvalue weighted by Crippen LogP contribution is -2.31. The van der Waals surface area contributed by atoms with Gasteiger partial charge in [-0.25, -0.2) is 0 Å². The Balaban J connectivity index is 2.14. The first kappa shape index (κ1) is 15.6. The van der Waals surface area contributed by atoms with Crippen LogP contribution in [0.2, 0.25) is 0 Å².